The summed E-state index contributed by atoms with van der Waals surface area (Å²) in [4.78, 5) is 12.1. The minimum Gasteiger partial charge on any atom is -0.395 e. The number of hydrogen-bond acceptors (Lipinski definition) is 6. The van der Waals surface area contributed by atoms with Crippen molar-refractivity contribution in [3.8, 4) is 10.4 Å². The summed E-state index contributed by atoms with van der Waals surface area (Å²) in [5.41, 5.74) is 2.24. The lowest BCUT2D eigenvalue weighted by molar-refractivity contribution is 0.164. The molecule has 0 bridgehead atoms. The highest BCUT2D eigenvalue weighted by molar-refractivity contribution is 7.18. The van der Waals surface area contributed by atoms with Gasteiger partial charge in [-0.25, -0.2) is 14.4 Å². The van der Waals surface area contributed by atoms with E-state index in [9.17, 15) is 4.39 Å². The van der Waals surface area contributed by atoms with Gasteiger partial charge in [-0.1, -0.05) is 23.5 Å². The Morgan fingerprint density at radius 2 is 1.93 bits per heavy atom. The van der Waals surface area contributed by atoms with E-state index in [-0.39, 0.29) is 12.4 Å². The van der Waals surface area contributed by atoms with Crippen molar-refractivity contribution in [2.75, 3.05) is 31.6 Å². The number of benzene rings is 1. The Labute approximate surface area is 167 Å². The van der Waals surface area contributed by atoms with Gasteiger partial charge in [-0.05, 0) is 67.2 Å². The highest BCUT2D eigenvalue weighted by atomic mass is 32.1. The summed E-state index contributed by atoms with van der Waals surface area (Å²) < 4.78 is 13.1. The summed E-state index contributed by atoms with van der Waals surface area (Å²) in [5, 5.41) is 13.1. The molecule has 0 amide bonds. The molecule has 3 aromatic rings. The van der Waals surface area contributed by atoms with Crippen molar-refractivity contribution in [3.05, 3.63) is 60.2 Å². The third-order valence-electron chi connectivity index (χ3n) is 5.13. The van der Waals surface area contributed by atoms with E-state index >= 15 is 0 Å². The van der Waals surface area contributed by atoms with Gasteiger partial charge in [-0.15, -0.1) is 0 Å². The summed E-state index contributed by atoms with van der Waals surface area (Å²) in [5.74, 6) is 1.06. The minimum atomic E-state index is -0.241. The standard InChI is InChI=1S/C21H23FN4OS/c22-18-3-1-16(2-4-18)19-14-24-21(28-19)25-20-13-17(5-8-23-20)15-6-9-26(10-7-15)11-12-27/h1-5,8,13-15,27H,6-7,9-12H2,(H,23,24,25). The van der Waals surface area contributed by atoms with Gasteiger partial charge in [0.1, 0.15) is 11.6 Å². The Hall–Kier alpha value is -2.35. The lowest BCUT2D eigenvalue weighted by Crippen LogP contribution is -2.34. The minimum absolute atomic E-state index is 0.224. The second-order valence-corrected chi connectivity index (χ2v) is 8.01. The number of aliphatic hydroxyl groups excluding tert-OH is 1. The Morgan fingerprint density at radius 3 is 2.68 bits per heavy atom. The molecule has 28 heavy (non-hydrogen) atoms. The van der Waals surface area contributed by atoms with Crippen molar-refractivity contribution < 1.29 is 9.50 Å². The van der Waals surface area contributed by atoms with Crippen molar-refractivity contribution in [2.24, 2.45) is 0 Å². The van der Waals surface area contributed by atoms with Gasteiger partial charge in [0.05, 0.1) is 11.5 Å². The van der Waals surface area contributed by atoms with Gasteiger partial charge in [0.25, 0.3) is 0 Å². The maximum absolute atomic E-state index is 13.1. The topological polar surface area (TPSA) is 61.3 Å². The molecule has 1 aliphatic heterocycles. The van der Waals surface area contributed by atoms with Crippen LogP contribution < -0.4 is 5.32 Å². The van der Waals surface area contributed by atoms with Crippen molar-refractivity contribution in [1.29, 1.82) is 0 Å². The third kappa shape index (κ3) is 4.55. The molecular formula is C21H23FN4OS. The quantitative estimate of drug-likeness (QED) is 0.650. The number of aliphatic hydroxyl groups is 1. The zero-order chi connectivity index (χ0) is 19.3. The van der Waals surface area contributed by atoms with Crippen LogP contribution >= 0.6 is 11.3 Å². The zero-order valence-corrected chi connectivity index (χ0v) is 16.3. The smallest absolute Gasteiger partial charge is 0.188 e. The molecule has 7 heteroatoms. The van der Waals surface area contributed by atoms with E-state index < -0.39 is 0 Å². The second-order valence-electron chi connectivity index (χ2n) is 6.98. The van der Waals surface area contributed by atoms with Crippen LogP contribution in [0.4, 0.5) is 15.3 Å². The summed E-state index contributed by atoms with van der Waals surface area (Å²) in [7, 11) is 0. The van der Waals surface area contributed by atoms with E-state index in [4.69, 9.17) is 5.11 Å². The molecule has 0 spiro atoms. The fraction of sp³-hybridized carbons (Fsp3) is 0.333. The number of pyridine rings is 1. The molecule has 3 heterocycles. The second kappa shape index (κ2) is 8.77. The number of nitrogens with zero attached hydrogens (tertiary/aromatic N) is 3. The summed E-state index contributed by atoms with van der Waals surface area (Å²) in [6.45, 7) is 3.02. The van der Waals surface area contributed by atoms with Gasteiger partial charge in [0.2, 0.25) is 0 Å². The Bertz CT molecular complexity index is 907. The van der Waals surface area contributed by atoms with E-state index in [0.717, 1.165) is 53.9 Å². The van der Waals surface area contributed by atoms with Gasteiger partial charge in [-0.3, -0.25) is 0 Å². The Balaban J connectivity index is 1.42. The van der Waals surface area contributed by atoms with Crippen molar-refractivity contribution >= 4 is 22.3 Å². The predicted molar refractivity (Wildman–Crippen MR) is 111 cm³/mol. The molecule has 0 aliphatic carbocycles. The van der Waals surface area contributed by atoms with Gasteiger partial charge in [0.15, 0.2) is 5.13 Å². The first kappa shape index (κ1) is 19.0. The fourth-order valence-electron chi connectivity index (χ4n) is 3.59. The van der Waals surface area contributed by atoms with Crippen LogP contribution in [0.1, 0.15) is 24.3 Å². The normalized spacial score (nSPS) is 15.6. The summed E-state index contributed by atoms with van der Waals surface area (Å²) >= 11 is 1.52. The van der Waals surface area contributed by atoms with Crippen LogP contribution in [0.2, 0.25) is 0 Å². The molecule has 0 unspecified atom stereocenters. The Kier molecular flexibility index (Phi) is 5.95. The van der Waals surface area contributed by atoms with Crippen molar-refractivity contribution in [2.45, 2.75) is 18.8 Å². The van der Waals surface area contributed by atoms with E-state index in [1.54, 1.807) is 18.3 Å². The average molecular weight is 399 g/mol. The number of anilines is 2. The lowest BCUT2D eigenvalue weighted by Gasteiger charge is -2.31. The highest BCUT2D eigenvalue weighted by Crippen LogP contribution is 2.32. The zero-order valence-electron chi connectivity index (χ0n) is 15.5. The molecule has 2 aromatic heterocycles. The predicted octanol–water partition coefficient (Wildman–Crippen LogP) is 4.26. The Morgan fingerprint density at radius 1 is 1.14 bits per heavy atom. The van der Waals surface area contributed by atoms with Crippen LogP contribution in [0.25, 0.3) is 10.4 Å². The maximum atomic E-state index is 13.1. The number of nitrogens with one attached hydrogen (secondary N) is 1. The van der Waals surface area contributed by atoms with Crippen molar-refractivity contribution in [1.82, 2.24) is 14.9 Å². The molecule has 1 aliphatic rings. The largest absolute Gasteiger partial charge is 0.395 e. The fourth-order valence-corrected chi connectivity index (χ4v) is 4.42. The third-order valence-corrected chi connectivity index (χ3v) is 6.09. The number of likely N-dealkylation sites (tertiary alicyclic amines) is 1. The molecule has 0 atom stereocenters. The van der Waals surface area contributed by atoms with E-state index in [1.165, 1.54) is 29.0 Å². The van der Waals surface area contributed by atoms with Crippen molar-refractivity contribution in [3.63, 3.8) is 0 Å². The number of halogens is 1. The molecule has 0 radical (unpaired) electrons. The van der Waals surface area contributed by atoms with Crippen LogP contribution in [-0.2, 0) is 0 Å². The molecule has 0 saturated carbocycles. The SMILES string of the molecule is OCCN1CCC(c2ccnc(Nc3ncc(-c4ccc(F)cc4)s3)c2)CC1. The van der Waals surface area contributed by atoms with E-state index in [0.29, 0.717) is 5.92 Å². The molecule has 1 saturated heterocycles. The van der Waals surface area contributed by atoms with Gasteiger partial charge in [-0.2, -0.15) is 0 Å². The monoisotopic (exact) mass is 398 g/mol. The average Bonchev–Trinajstić information content (AvgIpc) is 3.18. The van der Waals surface area contributed by atoms with Crippen LogP contribution in [0.5, 0.6) is 0 Å². The van der Waals surface area contributed by atoms with Crippen LogP contribution in [-0.4, -0.2) is 46.2 Å². The number of rotatable bonds is 6. The van der Waals surface area contributed by atoms with E-state index in [2.05, 4.69) is 32.3 Å². The molecular weight excluding hydrogens is 375 g/mol. The molecule has 2 N–H and O–H groups in total. The highest BCUT2D eigenvalue weighted by Gasteiger charge is 2.20. The summed E-state index contributed by atoms with van der Waals surface area (Å²) in [6, 6.07) is 10.6. The first-order valence-electron chi connectivity index (χ1n) is 9.49. The maximum Gasteiger partial charge on any atom is 0.188 e. The molecule has 146 valence electrons. The van der Waals surface area contributed by atoms with Crippen LogP contribution in [0.15, 0.2) is 48.8 Å². The van der Waals surface area contributed by atoms with Gasteiger partial charge >= 0.3 is 0 Å². The lowest BCUT2D eigenvalue weighted by atomic mass is 9.90. The van der Waals surface area contributed by atoms with Crippen LogP contribution in [0, 0.1) is 5.82 Å². The number of hydrogen-bond donors (Lipinski definition) is 2. The molecule has 1 fully saturated rings. The van der Waals surface area contributed by atoms with Gasteiger partial charge < -0.3 is 15.3 Å². The number of piperidine rings is 1. The number of β-amino-alcohol motifs (C(OH)–C–C–N with tert-alkyl or cyclic N) is 1. The number of thiazole rings is 1. The molecule has 1 aromatic carbocycles. The van der Waals surface area contributed by atoms with Crippen LogP contribution in [0.3, 0.4) is 0 Å². The summed E-state index contributed by atoms with van der Waals surface area (Å²) in [6.07, 6.45) is 5.82. The molecule has 4 rings (SSSR count). The first-order valence-corrected chi connectivity index (χ1v) is 10.3. The number of aromatic nitrogens is 2. The molecule has 5 nitrogen and oxygen atoms in total. The van der Waals surface area contributed by atoms with E-state index in [1.807, 2.05) is 6.20 Å². The van der Waals surface area contributed by atoms with Gasteiger partial charge in [0, 0.05) is 18.9 Å². The first-order chi connectivity index (χ1) is 13.7.